The lowest BCUT2D eigenvalue weighted by molar-refractivity contribution is -0.698. The minimum Gasteiger partial charge on any atom is -0.426 e. The molecule has 1 N–H and O–H groups in total. The van der Waals surface area contributed by atoms with Crippen molar-refractivity contribution in [2.45, 2.75) is 27.0 Å². The molecule has 0 aliphatic heterocycles. The minimum absolute atomic E-state index is 0.565. The molecule has 0 saturated heterocycles. The van der Waals surface area contributed by atoms with E-state index in [-0.39, 0.29) is 0 Å². The summed E-state index contributed by atoms with van der Waals surface area (Å²) in [7, 11) is 0. The van der Waals surface area contributed by atoms with Gasteiger partial charge in [-0.2, -0.15) is 4.57 Å². The number of aryl methyl sites for hydroxylation is 1. The fourth-order valence-corrected chi connectivity index (χ4v) is 2.47. The molecule has 0 spiro atoms. The maximum absolute atomic E-state index is 6.00. The Morgan fingerprint density at radius 2 is 1.45 bits per heavy atom. The quantitative estimate of drug-likeness (QED) is 0.716. The van der Waals surface area contributed by atoms with E-state index in [1.807, 2.05) is 24.3 Å². The lowest BCUT2D eigenvalue weighted by atomic mass is 10.2. The van der Waals surface area contributed by atoms with Crippen molar-refractivity contribution in [2.24, 2.45) is 0 Å². The zero-order chi connectivity index (χ0) is 15.4. The van der Waals surface area contributed by atoms with Gasteiger partial charge in [-0.1, -0.05) is 60.7 Å². The van der Waals surface area contributed by atoms with Gasteiger partial charge in [-0.25, -0.2) is 4.98 Å². The first kappa shape index (κ1) is 14.4. The molecule has 2 aromatic carbocycles. The first-order valence-electron chi connectivity index (χ1n) is 7.53. The molecule has 3 rings (SSSR count). The number of hydrogen-bond donors (Lipinski definition) is 1. The average Bonchev–Trinajstić information content (AvgIpc) is 2.83. The van der Waals surface area contributed by atoms with Gasteiger partial charge in [-0.05, 0) is 11.1 Å². The molecular weight excluding hydrogens is 272 g/mol. The van der Waals surface area contributed by atoms with Crippen molar-refractivity contribution in [1.29, 1.82) is 0 Å². The summed E-state index contributed by atoms with van der Waals surface area (Å²) in [5.74, 6) is 0. The molecule has 112 valence electrons. The van der Waals surface area contributed by atoms with Crippen LogP contribution in [0.1, 0.15) is 22.5 Å². The van der Waals surface area contributed by atoms with Crippen LogP contribution in [0.2, 0.25) is 0 Å². The van der Waals surface area contributed by atoms with Crippen LogP contribution in [0.5, 0.6) is 6.01 Å². The lowest BCUT2D eigenvalue weighted by Crippen LogP contribution is -2.37. The SMILES string of the molecule is Cc1[nH]c(OCc2ccccc2)[n+](Cc2ccccc2)c1C. The Kier molecular flexibility index (Phi) is 4.24. The molecule has 1 aromatic heterocycles. The van der Waals surface area contributed by atoms with Gasteiger partial charge in [0, 0.05) is 13.8 Å². The van der Waals surface area contributed by atoms with Gasteiger partial charge in [0.15, 0.2) is 0 Å². The van der Waals surface area contributed by atoms with Crippen LogP contribution in [0.15, 0.2) is 60.7 Å². The third kappa shape index (κ3) is 3.19. The summed E-state index contributed by atoms with van der Waals surface area (Å²) in [6, 6.07) is 21.5. The molecule has 0 unspecified atom stereocenters. The standard InChI is InChI=1S/C19H20N2O/c1-15-16(2)21(13-17-9-5-3-6-10-17)19(20-15)22-14-18-11-7-4-8-12-18/h3-12H,13-14H2,1-2H3/p+1. The molecule has 22 heavy (non-hydrogen) atoms. The van der Waals surface area contributed by atoms with E-state index in [1.165, 1.54) is 16.8 Å². The maximum Gasteiger partial charge on any atom is 0.454 e. The number of benzene rings is 2. The van der Waals surface area contributed by atoms with Crippen molar-refractivity contribution in [3.63, 3.8) is 0 Å². The largest absolute Gasteiger partial charge is 0.454 e. The normalized spacial score (nSPS) is 10.6. The second kappa shape index (κ2) is 6.48. The highest BCUT2D eigenvalue weighted by molar-refractivity contribution is 5.16. The topological polar surface area (TPSA) is 28.9 Å². The Bertz CT molecular complexity index is 733. The highest BCUT2D eigenvalue weighted by Crippen LogP contribution is 2.12. The first-order chi connectivity index (χ1) is 10.7. The van der Waals surface area contributed by atoms with E-state index < -0.39 is 0 Å². The zero-order valence-electron chi connectivity index (χ0n) is 13.0. The minimum atomic E-state index is 0.565. The average molecular weight is 293 g/mol. The molecule has 0 saturated carbocycles. The summed E-state index contributed by atoms with van der Waals surface area (Å²) in [4.78, 5) is 3.34. The van der Waals surface area contributed by atoms with Crippen molar-refractivity contribution in [3.05, 3.63) is 83.2 Å². The number of rotatable bonds is 5. The number of aromatic nitrogens is 2. The lowest BCUT2D eigenvalue weighted by Gasteiger charge is -2.05. The number of aromatic amines is 1. The van der Waals surface area contributed by atoms with Crippen LogP contribution < -0.4 is 9.30 Å². The van der Waals surface area contributed by atoms with E-state index in [0.29, 0.717) is 6.61 Å². The predicted molar refractivity (Wildman–Crippen MR) is 86.8 cm³/mol. The Morgan fingerprint density at radius 3 is 2.09 bits per heavy atom. The summed E-state index contributed by atoms with van der Waals surface area (Å²) in [6.45, 7) is 5.56. The molecular formula is C19H21N2O+. The molecule has 3 aromatic rings. The van der Waals surface area contributed by atoms with Crippen LogP contribution in [0, 0.1) is 13.8 Å². The molecule has 0 bridgehead atoms. The van der Waals surface area contributed by atoms with Crippen molar-refractivity contribution < 1.29 is 9.30 Å². The zero-order valence-corrected chi connectivity index (χ0v) is 13.0. The summed E-state index contributed by atoms with van der Waals surface area (Å²) in [6.07, 6.45) is 0. The van der Waals surface area contributed by atoms with Gasteiger partial charge in [0.2, 0.25) is 0 Å². The van der Waals surface area contributed by atoms with E-state index in [1.54, 1.807) is 0 Å². The van der Waals surface area contributed by atoms with E-state index in [0.717, 1.165) is 18.2 Å². The van der Waals surface area contributed by atoms with Gasteiger partial charge in [-0.15, -0.1) is 0 Å². The van der Waals surface area contributed by atoms with Crippen molar-refractivity contribution >= 4 is 0 Å². The van der Waals surface area contributed by atoms with Gasteiger partial charge in [-0.3, -0.25) is 0 Å². The summed E-state index contributed by atoms with van der Waals surface area (Å²) in [5, 5.41) is 0. The molecule has 3 nitrogen and oxygen atoms in total. The fraction of sp³-hybridized carbons (Fsp3) is 0.211. The van der Waals surface area contributed by atoms with Crippen molar-refractivity contribution in [1.82, 2.24) is 4.98 Å². The number of hydrogen-bond acceptors (Lipinski definition) is 1. The van der Waals surface area contributed by atoms with Gasteiger partial charge < -0.3 is 4.74 Å². The number of nitrogens with one attached hydrogen (secondary N) is 1. The number of imidazole rings is 1. The van der Waals surface area contributed by atoms with E-state index in [9.17, 15) is 0 Å². The van der Waals surface area contributed by atoms with Crippen molar-refractivity contribution in [2.75, 3.05) is 0 Å². The van der Waals surface area contributed by atoms with E-state index in [2.05, 4.69) is 59.8 Å². The monoisotopic (exact) mass is 293 g/mol. The van der Waals surface area contributed by atoms with Crippen LogP contribution in [-0.2, 0) is 13.2 Å². The summed E-state index contributed by atoms with van der Waals surface area (Å²) >= 11 is 0. The molecule has 0 radical (unpaired) electrons. The second-order valence-corrected chi connectivity index (χ2v) is 5.49. The maximum atomic E-state index is 6.00. The molecule has 0 aliphatic rings. The number of nitrogens with zero attached hydrogens (tertiary/aromatic N) is 1. The van der Waals surface area contributed by atoms with Crippen LogP contribution >= 0.6 is 0 Å². The predicted octanol–water partition coefficient (Wildman–Crippen LogP) is 3.55. The van der Waals surface area contributed by atoms with Crippen LogP contribution in [0.25, 0.3) is 0 Å². The van der Waals surface area contributed by atoms with E-state index >= 15 is 0 Å². The number of ether oxygens (including phenoxy) is 1. The Hall–Kier alpha value is -2.55. The second-order valence-electron chi connectivity index (χ2n) is 5.49. The van der Waals surface area contributed by atoms with Gasteiger partial charge in [0.05, 0.1) is 0 Å². The molecule has 1 heterocycles. The van der Waals surface area contributed by atoms with Crippen molar-refractivity contribution in [3.8, 4) is 6.01 Å². The van der Waals surface area contributed by atoms with Gasteiger partial charge in [0.1, 0.15) is 24.5 Å². The third-order valence-corrected chi connectivity index (χ3v) is 3.89. The Morgan fingerprint density at radius 1 is 0.864 bits per heavy atom. The van der Waals surface area contributed by atoms with Gasteiger partial charge in [0.25, 0.3) is 0 Å². The summed E-state index contributed by atoms with van der Waals surface area (Å²) < 4.78 is 8.19. The van der Waals surface area contributed by atoms with Crippen LogP contribution in [-0.4, -0.2) is 4.98 Å². The highest BCUT2D eigenvalue weighted by atomic mass is 16.5. The molecule has 0 atom stereocenters. The Labute approximate surface area is 131 Å². The fourth-order valence-electron chi connectivity index (χ4n) is 2.47. The molecule has 3 heteroatoms. The Balaban J connectivity index is 1.80. The number of H-pyrrole nitrogens is 1. The smallest absolute Gasteiger partial charge is 0.426 e. The van der Waals surface area contributed by atoms with Gasteiger partial charge >= 0.3 is 6.01 Å². The van der Waals surface area contributed by atoms with Crippen LogP contribution in [0.3, 0.4) is 0 Å². The molecule has 0 amide bonds. The first-order valence-corrected chi connectivity index (χ1v) is 7.53. The highest BCUT2D eigenvalue weighted by Gasteiger charge is 2.20. The third-order valence-electron chi connectivity index (χ3n) is 3.89. The summed E-state index contributed by atoms with van der Waals surface area (Å²) in [5.41, 5.74) is 4.77. The molecule has 0 fully saturated rings. The van der Waals surface area contributed by atoms with Crippen LogP contribution in [0.4, 0.5) is 0 Å². The van der Waals surface area contributed by atoms with E-state index in [4.69, 9.17) is 4.74 Å². The molecule has 0 aliphatic carbocycles.